The first-order chi connectivity index (χ1) is 13.2. The van der Waals surface area contributed by atoms with Crippen LogP contribution in [0.1, 0.15) is 29.4 Å². The SMILES string of the molecule is CCOc1cc(CNCc2ccco2)cc(Cl)c1OCc1ccc(C)cc1.Cl. The molecule has 28 heavy (non-hydrogen) atoms. The van der Waals surface area contributed by atoms with Gasteiger partial charge in [-0.2, -0.15) is 0 Å². The molecular formula is C22H25Cl2NO3. The van der Waals surface area contributed by atoms with E-state index in [4.69, 9.17) is 25.5 Å². The van der Waals surface area contributed by atoms with Gasteiger partial charge in [0.05, 0.1) is 24.4 Å². The van der Waals surface area contributed by atoms with E-state index in [-0.39, 0.29) is 12.4 Å². The van der Waals surface area contributed by atoms with Crippen LogP contribution in [-0.2, 0) is 19.7 Å². The molecule has 0 unspecified atom stereocenters. The lowest BCUT2D eigenvalue weighted by Crippen LogP contribution is -2.12. The predicted octanol–water partition coefficient (Wildman–Crippen LogP) is 5.93. The minimum Gasteiger partial charge on any atom is -0.490 e. The van der Waals surface area contributed by atoms with Crippen molar-refractivity contribution in [2.45, 2.75) is 33.5 Å². The Labute approximate surface area is 177 Å². The molecule has 1 aromatic heterocycles. The number of aryl methyl sites for hydroxylation is 1. The Bertz CT molecular complexity index is 849. The normalized spacial score (nSPS) is 10.4. The number of rotatable bonds is 9. The first-order valence-electron chi connectivity index (χ1n) is 9.02. The maximum atomic E-state index is 6.49. The Morgan fingerprint density at radius 3 is 2.46 bits per heavy atom. The number of nitrogens with one attached hydrogen (secondary N) is 1. The molecule has 0 radical (unpaired) electrons. The third kappa shape index (κ3) is 6.20. The third-order valence-corrected chi connectivity index (χ3v) is 4.36. The molecule has 3 aromatic rings. The first-order valence-corrected chi connectivity index (χ1v) is 9.40. The summed E-state index contributed by atoms with van der Waals surface area (Å²) in [5.41, 5.74) is 3.33. The molecule has 4 nitrogen and oxygen atoms in total. The minimum absolute atomic E-state index is 0. The van der Waals surface area contributed by atoms with Gasteiger partial charge in [-0.1, -0.05) is 41.4 Å². The van der Waals surface area contributed by atoms with Crippen LogP contribution in [-0.4, -0.2) is 6.61 Å². The monoisotopic (exact) mass is 421 g/mol. The average molecular weight is 422 g/mol. The van der Waals surface area contributed by atoms with Crippen molar-refractivity contribution < 1.29 is 13.9 Å². The predicted molar refractivity (Wildman–Crippen MR) is 115 cm³/mol. The molecule has 1 N–H and O–H groups in total. The topological polar surface area (TPSA) is 43.6 Å². The number of ether oxygens (including phenoxy) is 2. The summed E-state index contributed by atoms with van der Waals surface area (Å²) in [7, 11) is 0. The zero-order valence-electron chi connectivity index (χ0n) is 16.0. The average Bonchev–Trinajstić information content (AvgIpc) is 3.16. The summed E-state index contributed by atoms with van der Waals surface area (Å²) in [4.78, 5) is 0. The zero-order chi connectivity index (χ0) is 19.1. The van der Waals surface area contributed by atoms with Crippen molar-refractivity contribution in [3.63, 3.8) is 0 Å². The molecule has 2 aromatic carbocycles. The van der Waals surface area contributed by atoms with Crippen molar-refractivity contribution in [2.24, 2.45) is 0 Å². The van der Waals surface area contributed by atoms with Crippen LogP contribution in [0.25, 0.3) is 0 Å². The molecule has 0 aliphatic heterocycles. The molecule has 0 amide bonds. The zero-order valence-corrected chi connectivity index (χ0v) is 17.6. The van der Waals surface area contributed by atoms with Crippen LogP contribution < -0.4 is 14.8 Å². The Hall–Kier alpha value is -2.14. The molecule has 0 aliphatic rings. The molecule has 0 spiro atoms. The third-order valence-electron chi connectivity index (χ3n) is 4.08. The number of halogens is 2. The van der Waals surface area contributed by atoms with Gasteiger partial charge < -0.3 is 19.2 Å². The molecule has 3 rings (SSSR count). The maximum absolute atomic E-state index is 6.49. The van der Waals surface area contributed by atoms with Crippen LogP contribution in [0.5, 0.6) is 11.5 Å². The van der Waals surface area contributed by atoms with Crippen LogP contribution >= 0.6 is 24.0 Å². The first kappa shape index (κ1) is 22.2. The van der Waals surface area contributed by atoms with Gasteiger partial charge in [-0.25, -0.2) is 0 Å². The van der Waals surface area contributed by atoms with E-state index >= 15 is 0 Å². The van der Waals surface area contributed by atoms with Crippen molar-refractivity contribution in [3.8, 4) is 11.5 Å². The summed E-state index contributed by atoms with van der Waals surface area (Å²) in [5, 5.41) is 3.88. The standard InChI is InChI=1S/C22H24ClNO3.ClH/c1-3-25-21-12-18(13-24-14-19-5-4-10-26-19)11-20(23)22(21)27-15-17-8-6-16(2)7-9-17;/h4-12,24H,3,13-15H2,1-2H3;1H. The van der Waals surface area contributed by atoms with E-state index in [2.05, 4.69) is 36.5 Å². The van der Waals surface area contributed by atoms with Crippen molar-refractivity contribution in [3.05, 3.63) is 82.3 Å². The van der Waals surface area contributed by atoms with Crippen LogP contribution in [0, 0.1) is 6.92 Å². The summed E-state index contributed by atoms with van der Waals surface area (Å²) in [6.07, 6.45) is 1.67. The van der Waals surface area contributed by atoms with Crippen molar-refractivity contribution >= 4 is 24.0 Å². The van der Waals surface area contributed by atoms with Gasteiger partial charge in [0.2, 0.25) is 0 Å². The van der Waals surface area contributed by atoms with Gasteiger partial charge in [-0.15, -0.1) is 12.4 Å². The van der Waals surface area contributed by atoms with E-state index in [1.165, 1.54) is 5.56 Å². The van der Waals surface area contributed by atoms with E-state index in [0.29, 0.717) is 42.8 Å². The van der Waals surface area contributed by atoms with E-state index < -0.39 is 0 Å². The van der Waals surface area contributed by atoms with Gasteiger partial charge in [-0.05, 0) is 49.2 Å². The van der Waals surface area contributed by atoms with Gasteiger partial charge >= 0.3 is 0 Å². The fourth-order valence-electron chi connectivity index (χ4n) is 2.71. The molecule has 0 saturated heterocycles. The van der Waals surface area contributed by atoms with Crippen LogP contribution in [0.15, 0.2) is 59.2 Å². The molecule has 0 atom stereocenters. The highest BCUT2D eigenvalue weighted by Gasteiger charge is 2.13. The fourth-order valence-corrected chi connectivity index (χ4v) is 3.00. The highest BCUT2D eigenvalue weighted by molar-refractivity contribution is 6.32. The highest BCUT2D eigenvalue weighted by Crippen LogP contribution is 2.37. The molecular weight excluding hydrogens is 397 g/mol. The summed E-state index contributed by atoms with van der Waals surface area (Å²) < 4.78 is 17.1. The van der Waals surface area contributed by atoms with Crippen molar-refractivity contribution in [1.29, 1.82) is 0 Å². The quantitative estimate of drug-likeness (QED) is 0.464. The lowest BCUT2D eigenvalue weighted by Gasteiger charge is -2.16. The molecule has 0 saturated carbocycles. The lowest BCUT2D eigenvalue weighted by atomic mass is 10.1. The second-order valence-electron chi connectivity index (χ2n) is 6.30. The Morgan fingerprint density at radius 2 is 1.79 bits per heavy atom. The molecule has 6 heteroatoms. The number of hydrogen-bond acceptors (Lipinski definition) is 4. The van der Waals surface area contributed by atoms with Crippen LogP contribution in [0.3, 0.4) is 0 Å². The Kier molecular flexibility index (Phi) is 8.71. The summed E-state index contributed by atoms with van der Waals surface area (Å²) in [6.45, 7) is 6.29. The summed E-state index contributed by atoms with van der Waals surface area (Å²) in [5.74, 6) is 2.13. The van der Waals surface area contributed by atoms with Crippen LogP contribution in [0.2, 0.25) is 5.02 Å². The summed E-state index contributed by atoms with van der Waals surface area (Å²) in [6, 6.07) is 15.9. The minimum atomic E-state index is 0. The van der Waals surface area contributed by atoms with Crippen LogP contribution in [0.4, 0.5) is 0 Å². The second kappa shape index (κ2) is 11.0. The number of hydrogen-bond donors (Lipinski definition) is 1. The molecule has 150 valence electrons. The Balaban J connectivity index is 0.00000280. The fraction of sp³-hybridized carbons (Fsp3) is 0.273. The molecule has 0 fully saturated rings. The maximum Gasteiger partial charge on any atom is 0.180 e. The smallest absolute Gasteiger partial charge is 0.180 e. The van der Waals surface area contributed by atoms with E-state index in [9.17, 15) is 0 Å². The van der Waals surface area contributed by atoms with Gasteiger partial charge in [0.1, 0.15) is 12.4 Å². The van der Waals surface area contributed by atoms with Gasteiger partial charge in [0, 0.05) is 6.54 Å². The van der Waals surface area contributed by atoms with E-state index in [1.807, 2.05) is 31.2 Å². The van der Waals surface area contributed by atoms with E-state index in [1.54, 1.807) is 6.26 Å². The van der Waals surface area contributed by atoms with Gasteiger partial charge in [0.15, 0.2) is 11.5 Å². The number of furan rings is 1. The molecule has 0 aliphatic carbocycles. The van der Waals surface area contributed by atoms with Gasteiger partial charge in [-0.3, -0.25) is 0 Å². The molecule has 0 bridgehead atoms. The highest BCUT2D eigenvalue weighted by atomic mass is 35.5. The number of benzene rings is 2. The summed E-state index contributed by atoms with van der Waals surface area (Å²) >= 11 is 6.49. The second-order valence-corrected chi connectivity index (χ2v) is 6.70. The largest absolute Gasteiger partial charge is 0.490 e. The molecule has 1 heterocycles. The van der Waals surface area contributed by atoms with Crippen molar-refractivity contribution in [2.75, 3.05) is 6.61 Å². The van der Waals surface area contributed by atoms with Gasteiger partial charge in [0.25, 0.3) is 0 Å². The lowest BCUT2D eigenvalue weighted by molar-refractivity contribution is 0.269. The Morgan fingerprint density at radius 1 is 1.00 bits per heavy atom. The van der Waals surface area contributed by atoms with Crippen molar-refractivity contribution in [1.82, 2.24) is 5.32 Å². The van der Waals surface area contributed by atoms with E-state index in [0.717, 1.165) is 16.9 Å².